The zero-order valence-corrected chi connectivity index (χ0v) is 14.1. The molecule has 0 aromatic carbocycles. The molecule has 0 saturated carbocycles. The molecule has 1 saturated heterocycles. The molecule has 140 valence electrons. The van der Waals surface area contributed by atoms with Crippen molar-refractivity contribution in [3.8, 4) is 0 Å². The first kappa shape index (κ1) is 19.2. The first-order chi connectivity index (χ1) is 11.8. The number of carbonyl (C=O) groups is 2. The van der Waals surface area contributed by atoms with Crippen molar-refractivity contribution in [2.24, 2.45) is 11.7 Å². The molecule has 0 bridgehead atoms. The third-order valence-corrected chi connectivity index (χ3v) is 4.35. The zero-order chi connectivity index (χ0) is 18.7. The summed E-state index contributed by atoms with van der Waals surface area (Å²) < 4.78 is 11.7. The van der Waals surface area contributed by atoms with Gasteiger partial charge in [0.05, 0.1) is 0 Å². The van der Waals surface area contributed by atoms with Crippen LogP contribution in [0.3, 0.4) is 0 Å². The van der Waals surface area contributed by atoms with Gasteiger partial charge in [-0.25, -0.2) is 14.5 Å². The van der Waals surface area contributed by atoms with Crippen molar-refractivity contribution in [2.75, 3.05) is 6.61 Å². The number of aromatic nitrogens is 3. The van der Waals surface area contributed by atoms with Gasteiger partial charge in [-0.1, -0.05) is 13.8 Å². The number of esters is 1. The molecule has 0 aliphatic carbocycles. The van der Waals surface area contributed by atoms with Gasteiger partial charge in [-0.2, -0.15) is 0 Å². The Labute approximate surface area is 143 Å². The minimum Gasteiger partial charge on any atom is -0.458 e. The van der Waals surface area contributed by atoms with Gasteiger partial charge in [0.1, 0.15) is 31.2 Å². The second-order valence-electron chi connectivity index (χ2n) is 6.08. The molecule has 1 aliphatic rings. The van der Waals surface area contributed by atoms with Crippen molar-refractivity contribution in [1.29, 1.82) is 0 Å². The SMILES string of the molecule is CC[C@H](C)[C@H]([NH3+])C(=O)OCC1OC(n2cnc(C(N)=O)n2)[C@H](O)C1O. The molecule has 1 aliphatic heterocycles. The van der Waals surface area contributed by atoms with Crippen LogP contribution in [0.15, 0.2) is 6.33 Å². The maximum atomic E-state index is 12.0. The van der Waals surface area contributed by atoms with E-state index in [2.05, 4.69) is 15.8 Å². The van der Waals surface area contributed by atoms with Crippen LogP contribution < -0.4 is 11.5 Å². The molecular formula is C14H24N5O6+. The number of rotatable bonds is 7. The largest absolute Gasteiger partial charge is 0.458 e. The molecule has 25 heavy (non-hydrogen) atoms. The number of primary amides is 1. The molecule has 7 N–H and O–H groups in total. The molecule has 1 aromatic heterocycles. The van der Waals surface area contributed by atoms with Crippen LogP contribution in [0.2, 0.25) is 0 Å². The summed E-state index contributed by atoms with van der Waals surface area (Å²) in [5.41, 5.74) is 8.84. The molecule has 11 heteroatoms. The van der Waals surface area contributed by atoms with E-state index < -0.39 is 42.5 Å². The fraction of sp³-hybridized carbons (Fsp3) is 0.714. The van der Waals surface area contributed by atoms with Crippen molar-refractivity contribution in [3.05, 3.63) is 12.2 Å². The first-order valence-corrected chi connectivity index (χ1v) is 7.98. The molecule has 2 heterocycles. The highest BCUT2D eigenvalue weighted by atomic mass is 16.6. The van der Waals surface area contributed by atoms with Crippen molar-refractivity contribution in [2.45, 2.75) is 50.8 Å². The fourth-order valence-corrected chi connectivity index (χ4v) is 2.38. The maximum absolute atomic E-state index is 12.0. The van der Waals surface area contributed by atoms with Crippen molar-refractivity contribution < 1.29 is 35.0 Å². The van der Waals surface area contributed by atoms with E-state index in [1.165, 1.54) is 0 Å². The summed E-state index contributed by atoms with van der Waals surface area (Å²) in [7, 11) is 0. The summed E-state index contributed by atoms with van der Waals surface area (Å²) in [5.74, 6) is -1.51. The van der Waals surface area contributed by atoms with Gasteiger partial charge in [-0.15, -0.1) is 5.10 Å². The third-order valence-electron chi connectivity index (χ3n) is 4.35. The molecule has 0 spiro atoms. The van der Waals surface area contributed by atoms with E-state index in [0.29, 0.717) is 0 Å². The lowest BCUT2D eigenvalue weighted by atomic mass is 10.0. The number of hydrogen-bond acceptors (Lipinski definition) is 8. The normalized spacial score (nSPS) is 28.5. The van der Waals surface area contributed by atoms with Gasteiger partial charge in [0, 0.05) is 5.92 Å². The monoisotopic (exact) mass is 358 g/mol. The van der Waals surface area contributed by atoms with Crippen molar-refractivity contribution >= 4 is 11.9 Å². The summed E-state index contributed by atoms with van der Waals surface area (Å²) >= 11 is 0. The fourth-order valence-electron chi connectivity index (χ4n) is 2.38. The van der Waals surface area contributed by atoms with Crippen LogP contribution in [0.5, 0.6) is 0 Å². The molecular weight excluding hydrogens is 334 g/mol. The van der Waals surface area contributed by atoms with Gasteiger partial charge < -0.3 is 31.2 Å². The quantitative estimate of drug-likeness (QED) is 0.377. The first-order valence-electron chi connectivity index (χ1n) is 7.98. The van der Waals surface area contributed by atoms with Gasteiger partial charge >= 0.3 is 5.97 Å². The van der Waals surface area contributed by atoms with Crippen molar-refractivity contribution in [1.82, 2.24) is 14.8 Å². The van der Waals surface area contributed by atoms with Crippen LogP contribution in [-0.2, 0) is 14.3 Å². The minimum atomic E-state index is -1.34. The van der Waals surface area contributed by atoms with E-state index >= 15 is 0 Å². The lowest BCUT2D eigenvalue weighted by Gasteiger charge is -2.17. The van der Waals surface area contributed by atoms with E-state index in [4.69, 9.17) is 15.2 Å². The lowest BCUT2D eigenvalue weighted by molar-refractivity contribution is -0.420. The predicted molar refractivity (Wildman–Crippen MR) is 81.6 cm³/mol. The Morgan fingerprint density at radius 3 is 2.72 bits per heavy atom. The summed E-state index contributed by atoms with van der Waals surface area (Å²) in [6, 6.07) is -0.530. The Morgan fingerprint density at radius 1 is 1.48 bits per heavy atom. The number of ether oxygens (including phenoxy) is 2. The number of aliphatic hydroxyl groups is 2. The summed E-state index contributed by atoms with van der Waals surface area (Å²) in [6.07, 6.45) is -2.73. The second-order valence-corrected chi connectivity index (χ2v) is 6.08. The molecule has 1 fully saturated rings. The number of carbonyl (C=O) groups excluding carboxylic acids is 2. The molecule has 1 amide bonds. The highest BCUT2D eigenvalue weighted by Gasteiger charge is 2.45. The Morgan fingerprint density at radius 2 is 2.16 bits per heavy atom. The highest BCUT2D eigenvalue weighted by Crippen LogP contribution is 2.29. The molecule has 3 unspecified atom stereocenters. The van der Waals surface area contributed by atoms with Gasteiger partial charge in [-0.05, 0) is 6.42 Å². The number of nitrogens with zero attached hydrogens (tertiary/aromatic N) is 3. The summed E-state index contributed by atoms with van der Waals surface area (Å²) in [4.78, 5) is 26.7. The molecule has 2 rings (SSSR count). The van der Waals surface area contributed by atoms with Gasteiger partial charge in [-0.3, -0.25) is 4.79 Å². The Bertz CT molecular complexity index is 623. The predicted octanol–water partition coefficient (Wildman–Crippen LogP) is -2.80. The highest BCUT2D eigenvalue weighted by molar-refractivity contribution is 5.88. The maximum Gasteiger partial charge on any atom is 0.365 e. The molecule has 6 atom stereocenters. The third kappa shape index (κ3) is 4.12. The standard InChI is InChI=1S/C14H23N5O6/c1-3-6(2)8(15)14(23)24-4-7-9(20)10(21)13(25-7)19-5-17-12(18-19)11(16)22/h5-10,13,20-21H,3-4,15H2,1-2H3,(H2,16,22)/p+1/t6-,7?,8-,9?,10+,13?/m0/s1. The van der Waals surface area contributed by atoms with E-state index in [9.17, 15) is 19.8 Å². The molecule has 11 nitrogen and oxygen atoms in total. The minimum absolute atomic E-state index is 0.0580. The van der Waals surface area contributed by atoms with Crippen LogP contribution >= 0.6 is 0 Å². The Balaban J connectivity index is 1.97. The summed E-state index contributed by atoms with van der Waals surface area (Å²) in [6.45, 7) is 3.59. The van der Waals surface area contributed by atoms with E-state index in [-0.39, 0.29) is 18.3 Å². The van der Waals surface area contributed by atoms with E-state index in [0.717, 1.165) is 17.4 Å². The van der Waals surface area contributed by atoms with E-state index in [1.54, 1.807) is 0 Å². The van der Waals surface area contributed by atoms with Crippen LogP contribution in [0, 0.1) is 5.92 Å². The Hall–Kier alpha value is -2.08. The average molecular weight is 358 g/mol. The molecule has 1 aromatic rings. The number of nitrogens with two attached hydrogens (primary N) is 1. The molecule has 0 radical (unpaired) electrons. The average Bonchev–Trinajstić information content (AvgIpc) is 3.18. The summed E-state index contributed by atoms with van der Waals surface area (Å²) in [5, 5.41) is 24.0. The number of amides is 1. The Kier molecular flexibility index (Phi) is 6.06. The zero-order valence-electron chi connectivity index (χ0n) is 14.1. The van der Waals surface area contributed by atoms with Crippen LogP contribution in [0.25, 0.3) is 0 Å². The van der Waals surface area contributed by atoms with E-state index in [1.807, 2.05) is 13.8 Å². The number of aliphatic hydroxyl groups excluding tert-OH is 2. The van der Waals surface area contributed by atoms with Gasteiger partial charge in [0.2, 0.25) is 5.82 Å². The van der Waals surface area contributed by atoms with Crippen LogP contribution in [-0.4, -0.2) is 67.8 Å². The van der Waals surface area contributed by atoms with Gasteiger partial charge in [0.15, 0.2) is 12.3 Å². The van der Waals surface area contributed by atoms with Crippen molar-refractivity contribution in [3.63, 3.8) is 0 Å². The number of quaternary nitrogens is 1. The lowest BCUT2D eigenvalue weighted by Crippen LogP contribution is -2.68. The van der Waals surface area contributed by atoms with Gasteiger partial charge in [0.25, 0.3) is 5.91 Å². The van der Waals surface area contributed by atoms with Crippen LogP contribution in [0.4, 0.5) is 0 Å². The van der Waals surface area contributed by atoms with Crippen LogP contribution in [0.1, 0.15) is 37.1 Å². The number of hydrogen-bond donors (Lipinski definition) is 4. The second kappa shape index (κ2) is 7.87. The smallest absolute Gasteiger partial charge is 0.365 e. The topological polar surface area (TPSA) is 177 Å².